The first-order chi connectivity index (χ1) is 13.9. The quantitative estimate of drug-likeness (QED) is 0.482. The molecule has 4 nitrogen and oxygen atoms in total. The molecule has 2 fully saturated rings. The molecule has 1 saturated heterocycles. The first kappa shape index (κ1) is 22.3. The lowest BCUT2D eigenvalue weighted by molar-refractivity contribution is -0.149. The Morgan fingerprint density at radius 1 is 1.17 bits per heavy atom. The van der Waals surface area contributed by atoms with Gasteiger partial charge >= 0.3 is 0 Å². The van der Waals surface area contributed by atoms with Gasteiger partial charge in [-0.15, -0.1) is 0 Å². The number of benzene rings is 1. The Kier molecular flexibility index (Phi) is 7.78. The van der Waals surface area contributed by atoms with E-state index in [1.165, 1.54) is 18.4 Å². The Bertz CT molecular complexity index is 651. The standard InChI is InChI=1S/C25H38O4/c1-6-8-23-24(29-25(3,4)28-23)18(2)11-14-20-9-7-10-22(20)27-17-19-12-15-21(26-5)16-13-19/h11-16,18,20,22-24H,6-10,17H2,1-5H3/b14-11-/t18?,20-,22+,23?,24?/m1/s1. The number of rotatable bonds is 9. The summed E-state index contributed by atoms with van der Waals surface area (Å²) in [6.45, 7) is 9.14. The summed E-state index contributed by atoms with van der Waals surface area (Å²) in [5, 5.41) is 0. The monoisotopic (exact) mass is 402 g/mol. The minimum absolute atomic E-state index is 0.126. The fraction of sp³-hybridized carbons (Fsp3) is 0.680. The second kappa shape index (κ2) is 10.1. The minimum atomic E-state index is -0.482. The van der Waals surface area contributed by atoms with Crippen molar-refractivity contribution in [3.05, 3.63) is 42.0 Å². The van der Waals surface area contributed by atoms with Gasteiger partial charge in [0.15, 0.2) is 5.79 Å². The number of ether oxygens (including phenoxy) is 4. The van der Waals surface area contributed by atoms with E-state index in [4.69, 9.17) is 18.9 Å². The van der Waals surface area contributed by atoms with Crippen molar-refractivity contribution in [1.29, 1.82) is 0 Å². The molecule has 3 unspecified atom stereocenters. The van der Waals surface area contributed by atoms with Crippen LogP contribution in [0.4, 0.5) is 0 Å². The first-order valence-electron chi connectivity index (χ1n) is 11.2. The fourth-order valence-corrected chi connectivity index (χ4v) is 4.55. The highest BCUT2D eigenvalue weighted by Gasteiger charge is 2.42. The van der Waals surface area contributed by atoms with E-state index in [1.54, 1.807) is 7.11 Å². The Morgan fingerprint density at radius 2 is 1.93 bits per heavy atom. The van der Waals surface area contributed by atoms with E-state index in [9.17, 15) is 0 Å². The summed E-state index contributed by atoms with van der Waals surface area (Å²) < 4.78 is 23.9. The minimum Gasteiger partial charge on any atom is -0.497 e. The predicted octanol–water partition coefficient (Wildman–Crippen LogP) is 5.89. The van der Waals surface area contributed by atoms with Gasteiger partial charge in [-0.3, -0.25) is 0 Å². The molecule has 5 atom stereocenters. The lowest BCUT2D eigenvalue weighted by atomic mass is 9.94. The molecule has 1 aromatic carbocycles. The maximum absolute atomic E-state index is 6.28. The van der Waals surface area contributed by atoms with Gasteiger partial charge in [-0.05, 0) is 50.8 Å². The van der Waals surface area contributed by atoms with Gasteiger partial charge in [0, 0.05) is 11.8 Å². The summed E-state index contributed by atoms with van der Waals surface area (Å²) in [7, 11) is 1.69. The summed E-state index contributed by atoms with van der Waals surface area (Å²) >= 11 is 0. The van der Waals surface area contributed by atoms with Crippen LogP contribution in [-0.2, 0) is 20.8 Å². The van der Waals surface area contributed by atoms with Crippen molar-refractivity contribution in [2.75, 3.05) is 7.11 Å². The molecule has 162 valence electrons. The Morgan fingerprint density at radius 3 is 2.62 bits per heavy atom. The van der Waals surface area contributed by atoms with Crippen LogP contribution < -0.4 is 4.74 Å². The Balaban J connectivity index is 1.54. The summed E-state index contributed by atoms with van der Waals surface area (Å²) in [6.07, 6.45) is 11.0. The van der Waals surface area contributed by atoms with Gasteiger partial charge in [-0.1, -0.05) is 51.0 Å². The molecule has 0 bridgehead atoms. The van der Waals surface area contributed by atoms with Gasteiger partial charge in [-0.25, -0.2) is 0 Å². The molecule has 0 radical (unpaired) electrons. The summed E-state index contributed by atoms with van der Waals surface area (Å²) in [5.74, 6) is 1.21. The van der Waals surface area contributed by atoms with Crippen LogP contribution >= 0.6 is 0 Å². The second-order valence-electron chi connectivity index (χ2n) is 8.96. The predicted molar refractivity (Wildman–Crippen MR) is 116 cm³/mol. The highest BCUT2D eigenvalue weighted by molar-refractivity contribution is 5.26. The normalized spacial score (nSPS) is 30.1. The number of hydrogen-bond acceptors (Lipinski definition) is 4. The van der Waals surface area contributed by atoms with Gasteiger partial charge in [0.25, 0.3) is 0 Å². The lowest BCUT2D eigenvalue weighted by Crippen LogP contribution is -2.28. The maximum Gasteiger partial charge on any atom is 0.163 e. The van der Waals surface area contributed by atoms with E-state index >= 15 is 0 Å². The molecule has 0 amide bonds. The molecule has 2 aliphatic rings. The largest absolute Gasteiger partial charge is 0.497 e. The van der Waals surface area contributed by atoms with Crippen molar-refractivity contribution in [2.45, 2.75) is 90.5 Å². The van der Waals surface area contributed by atoms with Crippen LogP contribution in [0.1, 0.15) is 65.4 Å². The van der Waals surface area contributed by atoms with Gasteiger partial charge in [0.2, 0.25) is 0 Å². The number of hydrogen-bond donors (Lipinski definition) is 0. The zero-order valence-corrected chi connectivity index (χ0v) is 18.7. The van der Waals surface area contributed by atoms with E-state index < -0.39 is 5.79 Å². The van der Waals surface area contributed by atoms with E-state index in [0.29, 0.717) is 24.5 Å². The Labute approximate surface area is 176 Å². The average molecular weight is 403 g/mol. The van der Waals surface area contributed by atoms with Crippen molar-refractivity contribution < 1.29 is 18.9 Å². The maximum atomic E-state index is 6.28. The van der Waals surface area contributed by atoms with E-state index in [-0.39, 0.29) is 12.2 Å². The summed E-state index contributed by atoms with van der Waals surface area (Å²) in [4.78, 5) is 0. The van der Waals surface area contributed by atoms with Crippen LogP contribution in [0.25, 0.3) is 0 Å². The van der Waals surface area contributed by atoms with Crippen molar-refractivity contribution in [3.8, 4) is 5.75 Å². The average Bonchev–Trinajstić information content (AvgIpc) is 3.28. The zero-order valence-electron chi connectivity index (χ0n) is 18.7. The fourth-order valence-electron chi connectivity index (χ4n) is 4.55. The van der Waals surface area contributed by atoms with Crippen LogP contribution in [-0.4, -0.2) is 31.2 Å². The second-order valence-corrected chi connectivity index (χ2v) is 8.96. The van der Waals surface area contributed by atoms with Crippen molar-refractivity contribution in [2.24, 2.45) is 11.8 Å². The summed E-state index contributed by atoms with van der Waals surface area (Å²) in [6, 6.07) is 8.14. The molecule has 0 aromatic heterocycles. The molecule has 1 aromatic rings. The molecule has 1 aliphatic heterocycles. The van der Waals surface area contributed by atoms with E-state index in [1.807, 2.05) is 26.0 Å². The third-order valence-corrected chi connectivity index (χ3v) is 6.10. The molecule has 29 heavy (non-hydrogen) atoms. The van der Waals surface area contributed by atoms with Crippen LogP contribution in [0, 0.1) is 11.8 Å². The van der Waals surface area contributed by atoms with Gasteiger partial charge in [-0.2, -0.15) is 0 Å². The Hall–Kier alpha value is -1.36. The molecular formula is C25H38O4. The molecule has 1 heterocycles. The van der Waals surface area contributed by atoms with Gasteiger partial charge in [0.05, 0.1) is 32.0 Å². The third-order valence-electron chi connectivity index (χ3n) is 6.10. The SMILES string of the molecule is CCCC1OC(C)(C)OC1C(C)/C=C\[C@H]1CCC[C@@H]1OCc1ccc(OC)cc1. The zero-order chi connectivity index (χ0) is 20.9. The molecule has 0 spiro atoms. The van der Waals surface area contributed by atoms with E-state index in [2.05, 4.69) is 38.1 Å². The smallest absolute Gasteiger partial charge is 0.163 e. The van der Waals surface area contributed by atoms with Crippen LogP contribution in [0.15, 0.2) is 36.4 Å². The lowest BCUT2D eigenvalue weighted by Gasteiger charge is -2.22. The highest BCUT2D eigenvalue weighted by atomic mass is 16.8. The van der Waals surface area contributed by atoms with Crippen molar-refractivity contribution in [1.82, 2.24) is 0 Å². The van der Waals surface area contributed by atoms with Crippen LogP contribution in [0.5, 0.6) is 5.75 Å². The van der Waals surface area contributed by atoms with Crippen molar-refractivity contribution >= 4 is 0 Å². The molecular weight excluding hydrogens is 364 g/mol. The van der Waals surface area contributed by atoms with Crippen molar-refractivity contribution in [3.63, 3.8) is 0 Å². The molecule has 1 aliphatic carbocycles. The van der Waals surface area contributed by atoms with Gasteiger partial charge < -0.3 is 18.9 Å². The first-order valence-corrected chi connectivity index (χ1v) is 11.2. The molecule has 0 N–H and O–H groups in total. The molecule has 4 heteroatoms. The molecule has 3 rings (SSSR count). The summed E-state index contributed by atoms with van der Waals surface area (Å²) in [5.41, 5.74) is 1.19. The molecule has 1 saturated carbocycles. The van der Waals surface area contributed by atoms with Crippen LogP contribution in [0.3, 0.4) is 0 Å². The van der Waals surface area contributed by atoms with Crippen LogP contribution in [0.2, 0.25) is 0 Å². The van der Waals surface area contributed by atoms with E-state index in [0.717, 1.165) is 25.0 Å². The number of methoxy groups -OCH3 is 1. The third kappa shape index (κ3) is 6.07. The topological polar surface area (TPSA) is 36.9 Å². The van der Waals surface area contributed by atoms with Gasteiger partial charge in [0.1, 0.15) is 5.75 Å². The highest BCUT2D eigenvalue weighted by Crippen LogP contribution is 2.36.